The molecular weight excluding hydrogens is 388 g/mol. The molecule has 0 aliphatic carbocycles. The summed E-state index contributed by atoms with van der Waals surface area (Å²) >= 11 is 5.89. The third-order valence-electron chi connectivity index (χ3n) is 4.29. The summed E-state index contributed by atoms with van der Waals surface area (Å²) in [5, 5.41) is 13.9. The van der Waals surface area contributed by atoms with E-state index in [0.29, 0.717) is 23.3 Å². The fourth-order valence-corrected chi connectivity index (χ4v) is 3.21. The fourth-order valence-electron chi connectivity index (χ4n) is 2.57. The van der Waals surface area contributed by atoms with Crippen LogP contribution in [0.1, 0.15) is 24.4 Å². The van der Waals surface area contributed by atoms with Gasteiger partial charge in [0.05, 0.1) is 11.4 Å². The summed E-state index contributed by atoms with van der Waals surface area (Å²) in [7, 11) is -1.77. The molecule has 2 N–H and O–H groups in total. The number of benzene rings is 2. The molecule has 0 saturated carbocycles. The number of rotatable bonds is 6. The topological polar surface area (TPSA) is 102 Å². The highest BCUT2D eigenvalue weighted by molar-refractivity contribution is 7.89. The second kappa shape index (κ2) is 7.77. The van der Waals surface area contributed by atoms with Gasteiger partial charge in [0.2, 0.25) is 21.8 Å². The van der Waals surface area contributed by atoms with Crippen LogP contribution in [0.2, 0.25) is 5.02 Å². The van der Waals surface area contributed by atoms with Crippen LogP contribution in [0.4, 0.5) is 0 Å². The summed E-state index contributed by atoms with van der Waals surface area (Å²) in [6, 6.07) is 13.7. The fraction of sp³-hybridized carbons (Fsp3) is 0.222. The number of primary sulfonamides is 1. The highest BCUT2D eigenvalue weighted by atomic mass is 35.5. The first-order valence-electron chi connectivity index (χ1n) is 8.15. The predicted molar refractivity (Wildman–Crippen MR) is 102 cm³/mol. The maximum Gasteiger partial charge on any atom is 0.247 e. The molecule has 0 saturated heterocycles. The van der Waals surface area contributed by atoms with Crippen molar-refractivity contribution in [2.24, 2.45) is 5.14 Å². The summed E-state index contributed by atoms with van der Waals surface area (Å²) in [5.41, 5.74) is 1.75. The largest absolute Gasteiger partial charge is 0.419 e. The first kappa shape index (κ1) is 19.5. The third-order valence-corrected chi connectivity index (χ3v) is 5.48. The molecule has 0 radical (unpaired) electrons. The molecule has 142 valence electrons. The normalized spacial score (nSPS) is 13.1. The second-order valence-corrected chi connectivity index (χ2v) is 8.21. The van der Waals surface area contributed by atoms with Gasteiger partial charge in [-0.2, -0.15) is 0 Å². The summed E-state index contributed by atoms with van der Waals surface area (Å²) in [6.07, 6.45) is 0. The van der Waals surface area contributed by atoms with Crippen LogP contribution in [0.3, 0.4) is 0 Å². The van der Waals surface area contributed by atoms with Gasteiger partial charge in [-0.3, -0.25) is 4.90 Å². The molecule has 0 bridgehead atoms. The van der Waals surface area contributed by atoms with E-state index in [1.54, 1.807) is 24.3 Å². The van der Waals surface area contributed by atoms with Crippen molar-refractivity contribution in [3.05, 3.63) is 65.0 Å². The molecule has 3 rings (SSSR count). The van der Waals surface area contributed by atoms with E-state index < -0.39 is 10.0 Å². The van der Waals surface area contributed by atoms with Gasteiger partial charge in [0.25, 0.3) is 0 Å². The predicted octanol–water partition coefficient (Wildman–Crippen LogP) is 3.23. The van der Waals surface area contributed by atoms with Gasteiger partial charge in [0, 0.05) is 16.6 Å². The van der Waals surface area contributed by atoms with Crippen LogP contribution in [-0.4, -0.2) is 30.6 Å². The number of nitrogens with zero attached hydrogens (tertiary/aromatic N) is 3. The molecule has 9 heteroatoms. The number of halogens is 1. The Morgan fingerprint density at radius 1 is 1.11 bits per heavy atom. The lowest BCUT2D eigenvalue weighted by atomic mass is 10.1. The molecule has 2 aromatic carbocycles. The van der Waals surface area contributed by atoms with E-state index in [-0.39, 0.29) is 10.9 Å². The SMILES string of the molecule is CC(c1ccc(S(N)(=O)=O)cc1)N(C)Cc1nnc(-c2ccc(Cl)cc2)o1. The van der Waals surface area contributed by atoms with E-state index in [0.717, 1.165) is 11.1 Å². The smallest absolute Gasteiger partial charge is 0.247 e. The van der Waals surface area contributed by atoms with Crippen LogP contribution in [-0.2, 0) is 16.6 Å². The van der Waals surface area contributed by atoms with Gasteiger partial charge in [-0.05, 0) is 55.9 Å². The van der Waals surface area contributed by atoms with E-state index in [2.05, 4.69) is 10.2 Å². The number of hydrogen-bond acceptors (Lipinski definition) is 6. The highest BCUT2D eigenvalue weighted by Crippen LogP contribution is 2.24. The zero-order chi connectivity index (χ0) is 19.6. The van der Waals surface area contributed by atoms with E-state index in [9.17, 15) is 8.42 Å². The first-order chi connectivity index (χ1) is 12.7. The summed E-state index contributed by atoms with van der Waals surface area (Å²) in [4.78, 5) is 2.11. The van der Waals surface area contributed by atoms with Crippen molar-refractivity contribution in [1.82, 2.24) is 15.1 Å². The standard InChI is InChI=1S/C18H19ClN4O3S/c1-12(13-5-9-16(10-6-13)27(20,24)25)23(2)11-17-21-22-18(26-17)14-3-7-15(19)8-4-14/h3-10,12H,11H2,1-2H3,(H2,20,24,25). The minimum absolute atomic E-state index is 0.00501. The van der Waals surface area contributed by atoms with Gasteiger partial charge < -0.3 is 4.42 Å². The Bertz CT molecular complexity index is 1020. The zero-order valence-corrected chi connectivity index (χ0v) is 16.4. The van der Waals surface area contributed by atoms with Crippen molar-refractivity contribution in [2.75, 3.05) is 7.05 Å². The summed E-state index contributed by atoms with van der Waals surface area (Å²) in [6.45, 7) is 2.45. The summed E-state index contributed by atoms with van der Waals surface area (Å²) < 4.78 is 28.4. The van der Waals surface area contributed by atoms with Gasteiger partial charge in [-0.25, -0.2) is 13.6 Å². The van der Waals surface area contributed by atoms with Gasteiger partial charge in [-0.1, -0.05) is 23.7 Å². The molecule has 0 spiro atoms. The van der Waals surface area contributed by atoms with Crippen molar-refractivity contribution in [1.29, 1.82) is 0 Å². The quantitative estimate of drug-likeness (QED) is 0.674. The Labute approximate surface area is 162 Å². The third kappa shape index (κ3) is 4.72. The van der Waals surface area contributed by atoms with E-state index in [4.69, 9.17) is 21.2 Å². The lowest BCUT2D eigenvalue weighted by Crippen LogP contribution is -2.22. The van der Waals surface area contributed by atoms with E-state index in [1.165, 1.54) is 12.1 Å². The van der Waals surface area contributed by atoms with Crippen LogP contribution in [0.15, 0.2) is 57.8 Å². The first-order valence-corrected chi connectivity index (χ1v) is 10.1. The maximum atomic E-state index is 11.4. The van der Waals surface area contributed by atoms with E-state index in [1.807, 2.05) is 31.0 Å². The number of nitrogens with two attached hydrogens (primary N) is 1. The Hall–Kier alpha value is -2.26. The molecule has 1 atom stereocenters. The molecular formula is C18H19ClN4O3S. The van der Waals surface area contributed by atoms with Crippen LogP contribution >= 0.6 is 11.6 Å². The lowest BCUT2D eigenvalue weighted by molar-refractivity contribution is 0.228. The summed E-state index contributed by atoms with van der Waals surface area (Å²) in [5.74, 6) is 0.913. The number of hydrogen-bond donors (Lipinski definition) is 1. The molecule has 0 fully saturated rings. The molecule has 0 aliphatic heterocycles. The van der Waals surface area contributed by atoms with Gasteiger partial charge in [0.15, 0.2) is 0 Å². The molecule has 1 aromatic heterocycles. The molecule has 3 aromatic rings. The Morgan fingerprint density at radius 3 is 2.33 bits per heavy atom. The average Bonchev–Trinajstić information content (AvgIpc) is 3.09. The molecule has 1 unspecified atom stereocenters. The van der Waals surface area contributed by atoms with Crippen molar-refractivity contribution < 1.29 is 12.8 Å². The molecule has 0 amide bonds. The highest BCUT2D eigenvalue weighted by Gasteiger charge is 2.17. The van der Waals surface area contributed by atoms with Crippen LogP contribution in [0, 0.1) is 0 Å². The molecule has 27 heavy (non-hydrogen) atoms. The minimum Gasteiger partial charge on any atom is -0.419 e. The zero-order valence-electron chi connectivity index (χ0n) is 14.8. The van der Waals surface area contributed by atoms with E-state index >= 15 is 0 Å². The van der Waals surface area contributed by atoms with Gasteiger partial charge in [0.1, 0.15) is 0 Å². The Kier molecular flexibility index (Phi) is 5.61. The lowest BCUT2D eigenvalue weighted by Gasteiger charge is -2.23. The van der Waals surface area contributed by atoms with Crippen LogP contribution in [0.5, 0.6) is 0 Å². The van der Waals surface area contributed by atoms with Crippen molar-refractivity contribution in [3.63, 3.8) is 0 Å². The van der Waals surface area contributed by atoms with Crippen LogP contribution in [0.25, 0.3) is 11.5 Å². The van der Waals surface area contributed by atoms with Crippen molar-refractivity contribution in [3.8, 4) is 11.5 Å². The number of sulfonamides is 1. The Morgan fingerprint density at radius 2 is 1.74 bits per heavy atom. The van der Waals surface area contributed by atoms with Gasteiger partial charge in [-0.15, -0.1) is 10.2 Å². The van der Waals surface area contributed by atoms with Crippen molar-refractivity contribution in [2.45, 2.75) is 24.4 Å². The second-order valence-electron chi connectivity index (χ2n) is 6.21. The van der Waals surface area contributed by atoms with Crippen LogP contribution < -0.4 is 5.14 Å². The van der Waals surface area contributed by atoms with Gasteiger partial charge >= 0.3 is 0 Å². The number of aromatic nitrogens is 2. The van der Waals surface area contributed by atoms with Crippen molar-refractivity contribution >= 4 is 21.6 Å². The molecule has 7 nitrogen and oxygen atoms in total. The minimum atomic E-state index is -3.70. The average molecular weight is 407 g/mol. The Balaban J connectivity index is 1.69. The monoisotopic (exact) mass is 406 g/mol. The molecule has 0 aliphatic rings. The maximum absolute atomic E-state index is 11.4. The molecule has 1 heterocycles.